The van der Waals surface area contributed by atoms with Crippen molar-refractivity contribution < 1.29 is 9.18 Å². The minimum Gasteiger partial charge on any atom is -0.358 e. The monoisotopic (exact) mass is 273 g/mol. The van der Waals surface area contributed by atoms with Crippen molar-refractivity contribution in [1.82, 2.24) is 20.2 Å². The highest BCUT2D eigenvalue weighted by molar-refractivity contribution is 5.95. The molecule has 0 aliphatic rings. The molecule has 102 valence electrons. The third-order valence-electron chi connectivity index (χ3n) is 3.09. The molecule has 3 rings (SSSR count). The molecule has 0 unspecified atom stereocenters. The van der Waals surface area contributed by atoms with E-state index in [0.717, 1.165) is 22.2 Å². The molecule has 0 saturated carbocycles. The van der Waals surface area contributed by atoms with Gasteiger partial charge in [-0.2, -0.15) is 10.1 Å². The predicted molar refractivity (Wildman–Crippen MR) is 71.7 cm³/mol. The molecule has 1 aromatic carbocycles. The number of nitrogens with zero attached hydrogens (tertiary/aromatic N) is 2. The predicted octanol–water partition coefficient (Wildman–Crippen LogP) is 1.91. The minimum absolute atomic E-state index is 0.135. The van der Waals surface area contributed by atoms with Crippen molar-refractivity contribution in [2.24, 2.45) is 0 Å². The minimum atomic E-state index is -0.326. The normalized spacial score (nSPS) is 10.9. The van der Waals surface area contributed by atoms with Crippen LogP contribution in [-0.2, 0) is 11.2 Å². The van der Waals surface area contributed by atoms with Crippen LogP contribution in [0.1, 0.15) is 11.3 Å². The number of carbonyl (C=O) groups excluding carboxylic acids is 1. The second kappa shape index (κ2) is 4.76. The molecule has 0 radical (unpaired) electrons. The second-order valence-corrected chi connectivity index (χ2v) is 4.48. The third-order valence-corrected chi connectivity index (χ3v) is 3.09. The summed E-state index contributed by atoms with van der Waals surface area (Å²) in [6.45, 7) is 1.86. The number of amides is 1. The van der Waals surface area contributed by atoms with Gasteiger partial charge in [0.1, 0.15) is 12.1 Å². The van der Waals surface area contributed by atoms with Crippen LogP contribution in [0.5, 0.6) is 0 Å². The van der Waals surface area contributed by atoms with Crippen molar-refractivity contribution in [2.75, 3.05) is 5.32 Å². The zero-order valence-electron chi connectivity index (χ0n) is 10.7. The first kappa shape index (κ1) is 12.3. The van der Waals surface area contributed by atoms with Crippen molar-refractivity contribution in [2.45, 2.75) is 13.3 Å². The Bertz CT molecular complexity index is 763. The maximum Gasteiger partial charge on any atom is 0.231 e. The zero-order valence-corrected chi connectivity index (χ0v) is 10.7. The van der Waals surface area contributed by atoms with E-state index in [1.807, 2.05) is 6.92 Å². The lowest BCUT2D eigenvalue weighted by atomic mass is 10.1. The van der Waals surface area contributed by atoms with Crippen LogP contribution in [0.4, 0.5) is 10.3 Å². The topological polar surface area (TPSA) is 86.5 Å². The van der Waals surface area contributed by atoms with Gasteiger partial charge in [0.25, 0.3) is 0 Å². The van der Waals surface area contributed by atoms with Crippen LogP contribution in [0.15, 0.2) is 24.5 Å². The second-order valence-electron chi connectivity index (χ2n) is 4.48. The molecule has 2 aromatic heterocycles. The number of benzene rings is 1. The molecule has 0 aliphatic heterocycles. The highest BCUT2D eigenvalue weighted by atomic mass is 19.1. The molecule has 0 spiro atoms. The first-order valence-electron chi connectivity index (χ1n) is 6.05. The quantitative estimate of drug-likeness (QED) is 0.681. The van der Waals surface area contributed by atoms with Crippen LogP contribution in [0.2, 0.25) is 0 Å². The molecular weight excluding hydrogens is 261 g/mol. The van der Waals surface area contributed by atoms with Gasteiger partial charge < -0.3 is 4.98 Å². The highest BCUT2D eigenvalue weighted by Gasteiger charge is 2.13. The Labute approximate surface area is 113 Å². The molecule has 20 heavy (non-hydrogen) atoms. The summed E-state index contributed by atoms with van der Waals surface area (Å²) in [7, 11) is 0. The Morgan fingerprint density at radius 3 is 3.05 bits per heavy atom. The SMILES string of the molecule is Cc1[nH]c2ccc(F)cc2c1CC(=O)Nc1ncn[nH]1. The molecule has 3 N–H and O–H groups in total. The van der Waals surface area contributed by atoms with Crippen molar-refractivity contribution >= 4 is 22.8 Å². The van der Waals surface area contributed by atoms with E-state index >= 15 is 0 Å². The van der Waals surface area contributed by atoms with Crippen LogP contribution in [0.25, 0.3) is 10.9 Å². The summed E-state index contributed by atoms with van der Waals surface area (Å²) >= 11 is 0. The highest BCUT2D eigenvalue weighted by Crippen LogP contribution is 2.23. The summed E-state index contributed by atoms with van der Waals surface area (Å²) in [5.74, 6) is -0.276. The van der Waals surface area contributed by atoms with Gasteiger partial charge >= 0.3 is 0 Å². The number of hydrogen-bond acceptors (Lipinski definition) is 3. The number of rotatable bonds is 3. The van der Waals surface area contributed by atoms with Gasteiger partial charge in [0, 0.05) is 16.6 Å². The van der Waals surface area contributed by atoms with Gasteiger partial charge in [-0.05, 0) is 30.7 Å². The molecule has 2 heterocycles. The standard InChI is InChI=1S/C13H12FN5O/c1-7-9(5-12(20)18-13-15-6-16-19-13)10-4-8(14)2-3-11(10)17-7/h2-4,6,17H,5H2,1H3,(H2,15,16,18,19,20). The van der Waals surface area contributed by atoms with Crippen molar-refractivity contribution in [3.05, 3.63) is 41.6 Å². The number of H-pyrrole nitrogens is 2. The average Bonchev–Trinajstić information content (AvgIpc) is 3.00. The van der Waals surface area contributed by atoms with Gasteiger partial charge in [0.15, 0.2) is 0 Å². The summed E-state index contributed by atoms with van der Waals surface area (Å²) in [6, 6.07) is 4.47. The first-order chi connectivity index (χ1) is 9.63. The Balaban J connectivity index is 1.88. The third kappa shape index (κ3) is 2.25. The number of aryl methyl sites for hydroxylation is 1. The van der Waals surface area contributed by atoms with Crippen molar-refractivity contribution in [3.63, 3.8) is 0 Å². The van der Waals surface area contributed by atoms with Gasteiger partial charge in [0.05, 0.1) is 6.42 Å². The summed E-state index contributed by atoms with van der Waals surface area (Å²) < 4.78 is 13.3. The van der Waals surface area contributed by atoms with Gasteiger partial charge in [-0.1, -0.05) is 0 Å². The number of aromatic amines is 2. The van der Waals surface area contributed by atoms with Crippen molar-refractivity contribution in [3.8, 4) is 0 Å². The molecular formula is C13H12FN5O. The molecule has 0 bridgehead atoms. The lowest BCUT2D eigenvalue weighted by Crippen LogP contribution is -2.15. The molecule has 0 fully saturated rings. The number of aromatic nitrogens is 4. The van der Waals surface area contributed by atoms with Crippen LogP contribution in [0, 0.1) is 12.7 Å². The van der Waals surface area contributed by atoms with E-state index in [1.54, 1.807) is 6.07 Å². The van der Waals surface area contributed by atoms with E-state index in [0.29, 0.717) is 5.95 Å². The number of carbonyl (C=O) groups is 1. The molecule has 7 heteroatoms. The van der Waals surface area contributed by atoms with Crippen LogP contribution >= 0.6 is 0 Å². The number of nitrogens with one attached hydrogen (secondary N) is 3. The van der Waals surface area contributed by atoms with Gasteiger partial charge in [-0.3, -0.25) is 10.1 Å². The van der Waals surface area contributed by atoms with E-state index in [4.69, 9.17) is 0 Å². The van der Waals surface area contributed by atoms with E-state index < -0.39 is 0 Å². The van der Waals surface area contributed by atoms with E-state index in [2.05, 4.69) is 25.5 Å². The summed E-state index contributed by atoms with van der Waals surface area (Å²) in [5.41, 5.74) is 2.43. The Morgan fingerprint density at radius 2 is 2.30 bits per heavy atom. The maximum atomic E-state index is 13.3. The Morgan fingerprint density at radius 1 is 1.45 bits per heavy atom. The number of halogens is 1. The average molecular weight is 273 g/mol. The largest absolute Gasteiger partial charge is 0.358 e. The zero-order chi connectivity index (χ0) is 14.1. The van der Waals surface area contributed by atoms with Gasteiger partial charge in [0.2, 0.25) is 11.9 Å². The number of fused-ring (bicyclic) bond motifs is 1. The van der Waals surface area contributed by atoms with Crippen LogP contribution in [0.3, 0.4) is 0 Å². The fourth-order valence-corrected chi connectivity index (χ4v) is 2.18. The molecule has 0 saturated heterocycles. The van der Waals surface area contributed by atoms with E-state index in [9.17, 15) is 9.18 Å². The fourth-order valence-electron chi connectivity index (χ4n) is 2.18. The summed E-state index contributed by atoms with van der Waals surface area (Å²) in [4.78, 5) is 18.9. The molecule has 0 aliphatic carbocycles. The number of anilines is 1. The van der Waals surface area contributed by atoms with Gasteiger partial charge in [-0.15, -0.1) is 0 Å². The molecule has 3 aromatic rings. The maximum absolute atomic E-state index is 13.3. The fraction of sp³-hybridized carbons (Fsp3) is 0.154. The Hall–Kier alpha value is -2.70. The summed E-state index contributed by atoms with van der Waals surface area (Å²) in [6.07, 6.45) is 1.44. The first-order valence-corrected chi connectivity index (χ1v) is 6.05. The lowest BCUT2D eigenvalue weighted by Gasteiger charge is -2.02. The van der Waals surface area contributed by atoms with Crippen LogP contribution in [-0.4, -0.2) is 26.1 Å². The lowest BCUT2D eigenvalue weighted by molar-refractivity contribution is -0.115. The van der Waals surface area contributed by atoms with Gasteiger partial charge in [-0.25, -0.2) is 9.49 Å². The molecule has 6 nitrogen and oxygen atoms in total. The van der Waals surface area contributed by atoms with E-state index in [-0.39, 0.29) is 18.1 Å². The Kier molecular flexibility index (Phi) is 2.94. The van der Waals surface area contributed by atoms with Crippen molar-refractivity contribution in [1.29, 1.82) is 0 Å². The summed E-state index contributed by atoms with van der Waals surface area (Å²) in [5, 5.41) is 9.50. The molecule has 0 atom stereocenters. The van der Waals surface area contributed by atoms with Crippen LogP contribution < -0.4 is 5.32 Å². The smallest absolute Gasteiger partial charge is 0.231 e. The van der Waals surface area contributed by atoms with E-state index in [1.165, 1.54) is 18.5 Å². The number of hydrogen-bond donors (Lipinski definition) is 3. The molecule has 1 amide bonds.